The minimum absolute atomic E-state index is 0.150. The summed E-state index contributed by atoms with van der Waals surface area (Å²) < 4.78 is 15.3. The molecule has 3 atom stereocenters. The topological polar surface area (TPSA) is 97.5 Å². The van der Waals surface area contributed by atoms with E-state index < -0.39 is 30.1 Å². The van der Waals surface area contributed by atoms with Crippen LogP contribution in [-0.4, -0.2) is 73.8 Å². The second kappa shape index (κ2) is 8.61. The SMILES string of the molecule is CCOC(=O)[C@H]1O[C@@H]1C(=O)N[C@@H](Cc1cccs1)C(=O)N1CCOCC1. The molecule has 1 N–H and O–H groups in total. The zero-order valence-corrected chi connectivity index (χ0v) is 15.3. The van der Waals surface area contributed by atoms with Crippen molar-refractivity contribution in [3.05, 3.63) is 22.4 Å². The van der Waals surface area contributed by atoms with Gasteiger partial charge in [0.1, 0.15) is 6.04 Å². The maximum Gasteiger partial charge on any atom is 0.338 e. The van der Waals surface area contributed by atoms with Gasteiger partial charge >= 0.3 is 5.97 Å². The van der Waals surface area contributed by atoms with Crippen molar-refractivity contribution in [2.24, 2.45) is 0 Å². The van der Waals surface area contributed by atoms with Crippen molar-refractivity contribution in [3.8, 4) is 0 Å². The number of rotatable bonds is 7. The Morgan fingerprint density at radius 3 is 2.77 bits per heavy atom. The predicted molar refractivity (Wildman–Crippen MR) is 92.6 cm³/mol. The highest BCUT2D eigenvalue weighted by atomic mass is 32.1. The van der Waals surface area contributed by atoms with Crippen molar-refractivity contribution < 1.29 is 28.6 Å². The highest BCUT2D eigenvalue weighted by molar-refractivity contribution is 7.09. The molecule has 0 unspecified atom stereocenters. The second-order valence-corrected chi connectivity index (χ2v) is 7.04. The summed E-state index contributed by atoms with van der Waals surface area (Å²) in [5.74, 6) is -1.17. The largest absolute Gasteiger partial charge is 0.464 e. The third-order valence-electron chi connectivity index (χ3n) is 4.19. The summed E-state index contributed by atoms with van der Waals surface area (Å²) in [7, 11) is 0. The van der Waals surface area contributed by atoms with Crippen LogP contribution in [0, 0.1) is 0 Å². The van der Waals surface area contributed by atoms with Gasteiger partial charge in [-0.05, 0) is 18.4 Å². The summed E-state index contributed by atoms with van der Waals surface area (Å²) in [6.45, 7) is 3.89. The first-order valence-electron chi connectivity index (χ1n) is 8.61. The Morgan fingerprint density at radius 1 is 1.35 bits per heavy atom. The van der Waals surface area contributed by atoms with Crippen molar-refractivity contribution in [1.29, 1.82) is 0 Å². The van der Waals surface area contributed by atoms with Gasteiger partial charge in [-0.25, -0.2) is 4.79 Å². The van der Waals surface area contributed by atoms with Gasteiger partial charge in [0.15, 0.2) is 12.2 Å². The Labute approximate surface area is 155 Å². The number of hydrogen-bond donors (Lipinski definition) is 1. The van der Waals surface area contributed by atoms with Crippen LogP contribution in [0.2, 0.25) is 0 Å². The summed E-state index contributed by atoms with van der Waals surface area (Å²) >= 11 is 1.53. The number of esters is 1. The minimum Gasteiger partial charge on any atom is -0.464 e. The number of nitrogens with one attached hydrogen (secondary N) is 1. The van der Waals surface area contributed by atoms with Crippen molar-refractivity contribution >= 4 is 29.1 Å². The molecule has 0 spiro atoms. The van der Waals surface area contributed by atoms with E-state index in [4.69, 9.17) is 14.2 Å². The first-order valence-corrected chi connectivity index (χ1v) is 9.49. The van der Waals surface area contributed by atoms with Gasteiger partial charge in [-0.2, -0.15) is 0 Å². The van der Waals surface area contributed by atoms with Gasteiger partial charge < -0.3 is 24.4 Å². The smallest absolute Gasteiger partial charge is 0.338 e. The molecule has 2 aliphatic rings. The van der Waals surface area contributed by atoms with E-state index in [1.165, 1.54) is 11.3 Å². The third kappa shape index (κ3) is 4.60. The maximum atomic E-state index is 12.8. The van der Waals surface area contributed by atoms with Crippen LogP contribution in [0.4, 0.5) is 0 Å². The van der Waals surface area contributed by atoms with E-state index in [2.05, 4.69) is 5.32 Å². The van der Waals surface area contributed by atoms with Crippen molar-refractivity contribution in [2.45, 2.75) is 31.6 Å². The maximum absolute atomic E-state index is 12.8. The highest BCUT2D eigenvalue weighted by Gasteiger charge is 2.52. The monoisotopic (exact) mass is 382 g/mol. The molecule has 3 heterocycles. The minimum atomic E-state index is -0.891. The lowest BCUT2D eigenvalue weighted by Crippen LogP contribution is -2.53. The molecule has 0 aliphatic carbocycles. The number of morpholine rings is 1. The fraction of sp³-hybridized carbons (Fsp3) is 0.588. The molecular weight excluding hydrogens is 360 g/mol. The third-order valence-corrected chi connectivity index (χ3v) is 5.09. The number of carbonyl (C=O) groups is 3. The molecule has 0 radical (unpaired) electrons. The molecular formula is C17H22N2O6S. The lowest BCUT2D eigenvalue weighted by atomic mass is 10.1. The van der Waals surface area contributed by atoms with Crippen LogP contribution in [0.25, 0.3) is 0 Å². The molecule has 142 valence electrons. The van der Waals surface area contributed by atoms with Gasteiger partial charge in [0.2, 0.25) is 5.91 Å². The van der Waals surface area contributed by atoms with Crippen LogP contribution in [0.15, 0.2) is 17.5 Å². The number of amides is 2. The average molecular weight is 382 g/mol. The van der Waals surface area contributed by atoms with Gasteiger partial charge in [-0.15, -0.1) is 11.3 Å². The number of nitrogens with zero attached hydrogens (tertiary/aromatic N) is 1. The molecule has 2 aliphatic heterocycles. The van der Waals surface area contributed by atoms with Crippen molar-refractivity contribution in [3.63, 3.8) is 0 Å². The summed E-state index contributed by atoms with van der Waals surface area (Å²) in [5, 5.41) is 4.67. The van der Waals surface area contributed by atoms with Gasteiger partial charge in [-0.1, -0.05) is 6.07 Å². The first-order chi connectivity index (χ1) is 12.6. The molecule has 26 heavy (non-hydrogen) atoms. The molecule has 2 fully saturated rings. The Hall–Kier alpha value is -1.97. The fourth-order valence-electron chi connectivity index (χ4n) is 2.80. The van der Waals surface area contributed by atoms with Crippen LogP contribution < -0.4 is 5.32 Å². The molecule has 2 saturated heterocycles. The molecule has 9 heteroatoms. The molecule has 2 amide bonds. The van der Waals surface area contributed by atoms with Gasteiger partial charge in [0.05, 0.1) is 19.8 Å². The summed E-state index contributed by atoms with van der Waals surface area (Å²) in [6, 6.07) is 3.12. The number of hydrogen-bond acceptors (Lipinski definition) is 7. The van der Waals surface area contributed by atoms with E-state index >= 15 is 0 Å². The van der Waals surface area contributed by atoms with E-state index in [1.807, 2.05) is 17.5 Å². The van der Waals surface area contributed by atoms with Crippen molar-refractivity contribution in [2.75, 3.05) is 32.9 Å². The fourth-order valence-corrected chi connectivity index (χ4v) is 3.56. The van der Waals surface area contributed by atoms with Crippen LogP contribution in [0.3, 0.4) is 0 Å². The molecule has 0 bridgehead atoms. The molecule has 0 saturated carbocycles. The van der Waals surface area contributed by atoms with E-state index in [1.54, 1.807) is 11.8 Å². The molecule has 1 aromatic rings. The zero-order valence-electron chi connectivity index (χ0n) is 14.5. The Morgan fingerprint density at radius 2 is 2.12 bits per heavy atom. The van der Waals surface area contributed by atoms with Crippen LogP contribution >= 0.6 is 11.3 Å². The standard InChI is InChI=1S/C17H22N2O6S/c1-2-24-17(22)14-13(25-14)15(20)18-12(10-11-4-3-9-26-11)16(21)19-5-7-23-8-6-19/h3-4,9,12-14H,2,5-8,10H2,1H3,(H,18,20)/t12-,13-,14-/m0/s1. The summed E-state index contributed by atoms with van der Waals surface area (Å²) in [4.78, 5) is 39.6. The van der Waals surface area contributed by atoms with Crippen LogP contribution in [-0.2, 0) is 35.0 Å². The van der Waals surface area contributed by atoms with Gasteiger partial charge in [0.25, 0.3) is 5.91 Å². The number of thiophene rings is 1. The van der Waals surface area contributed by atoms with E-state index in [0.717, 1.165) is 4.88 Å². The highest BCUT2D eigenvalue weighted by Crippen LogP contribution is 2.24. The molecule has 3 rings (SSSR count). The van der Waals surface area contributed by atoms with Crippen LogP contribution in [0.5, 0.6) is 0 Å². The Balaban J connectivity index is 1.62. The predicted octanol–water partition coefficient (Wildman–Crippen LogP) is -0.0353. The van der Waals surface area contributed by atoms with Gasteiger partial charge in [-0.3, -0.25) is 9.59 Å². The first kappa shape index (κ1) is 18.8. The summed E-state index contributed by atoms with van der Waals surface area (Å²) in [5.41, 5.74) is 0. The van der Waals surface area contributed by atoms with Crippen molar-refractivity contribution in [1.82, 2.24) is 10.2 Å². The molecule has 0 aromatic carbocycles. The van der Waals surface area contributed by atoms with E-state index in [0.29, 0.717) is 32.7 Å². The Kier molecular flexibility index (Phi) is 6.23. The zero-order chi connectivity index (χ0) is 18.5. The second-order valence-electron chi connectivity index (χ2n) is 6.01. The summed E-state index contributed by atoms with van der Waals surface area (Å²) in [6.07, 6.45) is -1.37. The quantitative estimate of drug-likeness (QED) is 0.525. The number of carbonyl (C=O) groups excluding carboxylic acids is 3. The molecule has 1 aromatic heterocycles. The van der Waals surface area contributed by atoms with E-state index in [9.17, 15) is 14.4 Å². The van der Waals surface area contributed by atoms with Crippen LogP contribution in [0.1, 0.15) is 11.8 Å². The average Bonchev–Trinajstić information content (AvgIpc) is 3.31. The van der Waals surface area contributed by atoms with E-state index in [-0.39, 0.29) is 12.5 Å². The number of epoxide rings is 1. The Bertz CT molecular complexity index is 644. The normalized spacial score (nSPS) is 23.2. The molecule has 8 nitrogen and oxygen atoms in total. The number of ether oxygens (including phenoxy) is 3. The van der Waals surface area contributed by atoms with Gasteiger partial charge in [0, 0.05) is 24.4 Å². The lowest BCUT2D eigenvalue weighted by Gasteiger charge is -2.30. The lowest BCUT2D eigenvalue weighted by molar-refractivity contribution is -0.144.